The van der Waals surface area contributed by atoms with Crippen molar-refractivity contribution in [2.45, 2.75) is 45.4 Å². The molecule has 5 heteroatoms. The minimum absolute atomic E-state index is 0.138. The molecule has 5 nitrogen and oxygen atoms in total. The van der Waals surface area contributed by atoms with Gasteiger partial charge < -0.3 is 14.8 Å². The summed E-state index contributed by atoms with van der Waals surface area (Å²) in [5.74, 6) is -0.488. The first-order valence-corrected chi connectivity index (χ1v) is 8.57. The van der Waals surface area contributed by atoms with Crippen LogP contribution in [0.3, 0.4) is 0 Å². The van der Waals surface area contributed by atoms with Gasteiger partial charge in [0.05, 0.1) is 0 Å². The average Bonchev–Trinajstić information content (AvgIpc) is 2.60. The third kappa shape index (κ3) is 6.97. The monoisotopic (exact) mass is 355 g/mol. The van der Waals surface area contributed by atoms with Crippen molar-refractivity contribution in [2.75, 3.05) is 0 Å². The molecule has 1 N–H and O–H groups in total. The first-order valence-electron chi connectivity index (χ1n) is 8.57. The van der Waals surface area contributed by atoms with Crippen LogP contribution in [0, 0.1) is 0 Å². The summed E-state index contributed by atoms with van der Waals surface area (Å²) in [6.07, 6.45) is -0.323. The molecule has 0 aliphatic heterocycles. The van der Waals surface area contributed by atoms with E-state index in [-0.39, 0.29) is 6.61 Å². The number of carbonyl (C=O) groups excluding carboxylic acids is 2. The second-order valence-corrected chi connectivity index (χ2v) is 6.98. The molecule has 2 aromatic carbocycles. The number of esters is 1. The number of ether oxygens (including phenoxy) is 2. The van der Waals surface area contributed by atoms with E-state index in [0.29, 0.717) is 6.42 Å². The number of carbonyl (C=O) groups is 2. The molecule has 0 aromatic heterocycles. The molecule has 0 radical (unpaired) electrons. The number of amides is 1. The molecule has 0 spiro atoms. The molecule has 0 heterocycles. The summed E-state index contributed by atoms with van der Waals surface area (Å²) in [5.41, 5.74) is 1.16. The summed E-state index contributed by atoms with van der Waals surface area (Å²) in [4.78, 5) is 24.6. The SMILES string of the molecule is CC(C)(C)OC(=O)C(Cc1ccccc1)NC(=O)OCc1ccccc1. The predicted octanol–water partition coefficient (Wildman–Crippen LogP) is 3.87. The van der Waals surface area contributed by atoms with E-state index in [4.69, 9.17) is 9.47 Å². The van der Waals surface area contributed by atoms with E-state index in [2.05, 4.69) is 5.32 Å². The normalized spacial score (nSPS) is 12.1. The molecule has 0 aliphatic carbocycles. The van der Waals surface area contributed by atoms with Crippen molar-refractivity contribution < 1.29 is 19.1 Å². The molecular formula is C21H25NO4. The summed E-state index contributed by atoms with van der Waals surface area (Å²) in [6, 6.07) is 18.0. The topological polar surface area (TPSA) is 64.6 Å². The fourth-order valence-electron chi connectivity index (χ4n) is 2.32. The Morgan fingerprint density at radius 3 is 2.00 bits per heavy atom. The van der Waals surface area contributed by atoms with Crippen LogP contribution in [0.2, 0.25) is 0 Å². The third-order valence-corrected chi connectivity index (χ3v) is 3.48. The molecule has 1 unspecified atom stereocenters. The van der Waals surface area contributed by atoms with E-state index < -0.39 is 23.7 Å². The van der Waals surface area contributed by atoms with Gasteiger partial charge in [-0.2, -0.15) is 0 Å². The van der Waals surface area contributed by atoms with Crippen LogP contribution in [0.1, 0.15) is 31.9 Å². The number of rotatable bonds is 6. The van der Waals surface area contributed by atoms with Crippen molar-refractivity contribution >= 4 is 12.1 Å². The Bertz CT molecular complexity index is 708. The molecule has 2 aromatic rings. The Hall–Kier alpha value is -2.82. The molecule has 2 rings (SSSR count). The lowest BCUT2D eigenvalue weighted by Gasteiger charge is -2.24. The van der Waals surface area contributed by atoms with Crippen LogP contribution in [0.4, 0.5) is 4.79 Å². The minimum Gasteiger partial charge on any atom is -0.458 e. The number of alkyl carbamates (subject to hydrolysis) is 1. The second kappa shape index (κ2) is 9.04. The standard InChI is InChI=1S/C21H25NO4/c1-21(2,3)26-19(23)18(14-16-10-6-4-7-11-16)22-20(24)25-15-17-12-8-5-9-13-17/h4-13,18H,14-15H2,1-3H3,(H,22,24). The highest BCUT2D eigenvalue weighted by Gasteiger charge is 2.27. The van der Waals surface area contributed by atoms with E-state index >= 15 is 0 Å². The number of hydrogen-bond acceptors (Lipinski definition) is 4. The molecular weight excluding hydrogens is 330 g/mol. The highest BCUT2D eigenvalue weighted by molar-refractivity contribution is 5.82. The molecule has 1 amide bonds. The van der Waals surface area contributed by atoms with Gasteiger partial charge in [0.2, 0.25) is 0 Å². The summed E-state index contributed by atoms with van der Waals surface area (Å²) >= 11 is 0. The molecule has 0 saturated heterocycles. The Labute approximate surface area is 154 Å². The van der Waals surface area contributed by atoms with Gasteiger partial charge in [0.15, 0.2) is 0 Å². The smallest absolute Gasteiger partial charge is 0.408 e. The van der Waals surface area contributed by atoms with Gasteiger partial charge in [0, 0.05) is 6.42 Å². The van der Waals surface area contributed by atoms with Gasteiger partial charge in [-0.15, -0.1) is 0 Å². The Balaban J connectivity index is 2.00. The van der Waals surface area contributed by atoms with Gasteiger partial charge in [-0.1, -0.05) is 60.7 Å². The highest BCUT2D eigenvalue weighted by atomic mass is 16.6. The van der Waals surface area contributed by atoms with E-state index in [1.807, 2.05) is 60.7 Å². The molecule has 26 heavy (non-hydrogen) atoms. The van der Waals surface area contributed by atoms with Crippen molar-refractivity contribution in [2.24, 2.45) is 0 Å². The minimum atomic E-state index is -0.820. The Morgan fingerprint density at radius 2 is 1.46 bits per heavy atom. The molecule has 1 atom stereocenters. The zero-order valence-corrected chi connectivity index (χ0v) is 15.4. The van der Waals surface area contributed by atoms with Gasteiger partial charge in [0.25, 0.3) is 0 Å². The quantitative estimate of drug-likeness (QED) is 0.799. The summed E-state index contributed by atoms with van der Waals surface area (Å²) < 4.78 is 10.6. The van der Waals surface area contributed by atoms with Gasteiger partial charge in [-0.05, 0) is 31.9 Å². The van der Waals surface area contributed by atoms with Crippen molar-refractivity contribution in [3.63, 3.8) is 0 Å². The first-order chi connectivity index (χ1) is 12.3. The fourth-order valence-corrected chi connectivity index (χ4v) is 2.32. The Kier molecular flexibility index (Phi) is 6.78. The molecule has 0 fully saturated rings. The largest absolute Gasteiger partial charge is 0.458 e. The van der Waals surface area contributed by atoms with Crippen LogP contribution >= 0.6 is 0 Å². The van der Waals surface area contributed by atoms with Gasteiger partial charge >= 0.3 is 12.1 Å². The van der Waals surface area contributed by atoms with Crippen LogP contribution in [0.15, 0.2) is 60.7 Å². The van der Waals surface area contributed by atoms with Crippen molar-refractivity contribution in [1.29, 1.82) is 0 Å². The van der Waals surface area contributed by atoms with Crippen LogP contribution < -0.4 is 5.32 Å². The van der Waals surface area contributed by atoms with Gasteiger partial charge in [-0.3, -0.25) is 0 Å². The maximum absolute atomic E-state index is 12.5. The average molecular weight is 355 g/mol. The number of hydrogen-bond donors (Lipinski definition) is 1. The van der Waals surface area contributed by atoms with Crippen molar-refractivity contribution in [3.05, 3.63) is 71.8 Å². The highest BCUT2D eigenvalue weighted by Crippen LogP contribution is 2.12. The molecule has 0 bridgehead atoms. The van der Waals surface area contributed by atoms with E-state index in [9.17, 15) is 9.59 Å². The van der Waals surface area contributed by atoms with E-state index in [1.54, 1.807) is 20.8 Å². The van der Waals surface area contributed by atoms with E-state index in [0.717, 1.165) is 11.1 Å². The molecule has 0 aliphatic rings. The van der Waals surface area contributed by atoms with Crippen molar-refractivity contribution in [1.82, 2.24) is 5.32 Å². The summed E-state index contributed by atoms with van der Waals surface area (Å²) in [7, 11) is 0. The number of benzene rings is 2. The molecule has 0 saturated carbocycles. The second-order valence-electron chi connectivity index (χ2n) is 6.98. The van der Waals surface area contributed by atoms with E-state index in [1.165, 1.54) is 0 Å². The predicted molar refractivity (Wildman–Crippen MR) is 99.5 cm³/mol. The van der Waals surface area contributed by atoms with Crippen LogP contribution in [0.25, 0.3) is 0 Å². The lowest BCUT2D eigenvalue weighted by molar-refractivity contribution is -0.157. The van der Waals surface area contributed by atoms with Crippen molar-refractivity contribution in [3.8, 4) is 0 Å². The zero-order chi connectivity index (χ0) is 19.0. The Morgan fingerprint density at radius 1 is 0.923 bits per heavy atom. The third-order valence-electron chi connectivity index (χ3n) is 3.48. The summed E-state index contributed by atoms with van der Waals surface area (Å²) in [5, 5.41) is 2.62. The lowest BCUT2D eigenvalue weighted by Crippen LogP contribution is -2.45. The van der Waals surface area contributed by atoms with Gasteiger partial charge in [0.1, 0.15) is 18.2 Å². The fraction of sp³-hybridized carbons (Fsp3) is 0.333. The number of nitrogens with one attached hydrogen (secondary N) is 1. The summed E-state index contributed by atoms with van der Waals surface area (Å²) in [6.45, 7) is 5.51. The van der Waals surface area contributed by atoms with Gasteiger partial charge in [-0.25, -0.2) is 9.59 Å². The van der Waals surface area contributed by atoms with Crippen LogP contribution in [-0.4, -0.2) is 23.7 Å². The maximum atomic E-state index is 12.5. The zero-order valence-electron chi connectivity index (χ0n) is 15.4. The molecule has 138 valence electrons. The first kappa shape index (κ1) is 19.5. The maximum Gasteiger partial charge on any atom is 0.408 e. The lowest BCUT2D eigenvalue weighted by atomic mass is 10.1. The van der Waals surface area contributed by atoms with Crippen LogP contribution in [0.5, 0.6) is 0 Å². The van der Waals surface area contributed by atoms with Crippen LogP contribution in [-0.2, 0) is 27.3 Å².